The molecular formula is C10H21NO3. The van der Waals surface area contributed by atoms with Crippen LogP contribution in [0.3, 0.4) is 0 Å². The first-order valence-electron chi connectivity index (χ1n) is 5.29. The first-order valence-corrected chi connectivity index (χ1v) is 5.29. The molecule has 0 radical (unpaired) electrons. The van der Waals surface area contributed by atoms with Gasteiger partial charge < -0.3 is 15.5 Å². The second kappa shape index (κ2) is 10.5. The molecule has 0 aromatic rings. The lowest BCUT2D eigenvalue weighted by Gasteiger charge is -2.03. The van der Waals surface area contributed by atoms with Crippen molar-refractivity contribution in [2.45, 2.75) is 38.5 Å². The average Bonchev–Trinajstić information content (AvgIpc) is 2.20. The van der Waals surface area contributed by atoms with Crippen molar-refractivity contribution in [2.75, 3.05) is 19.8 Å². The summed E-state index contributed by atoms with van der Waals surface area (Å²) in [6.45, 7) is 1.03. The maximum atomic E-state index is 11.0. The van der Waals surface area contributed by atoms with Crippen molar-refractivity contribution in [1.29, 1.82) is 0 Å². The minimum atomic E-state index is 0.0150. The summed E-state index contributed by atoms with van der Waals surface area (Å²) in [7, 11) is 0. The van der Waals surface area contributed by atoms with Crippen LogP contribution in [0, 0.1) is 0 Å². The number of unbranched alkanes of at least 4 members (excludes halogenated alkanes) is 3. The van der Waals surface area contributed by atoms with E-state index in [1.807, 2.05) is 0 Å². The Morgan fingerprint density at radius 3 is 2.21 bits per heavy atom. The minimum Gasteiger partial charge on any atom is -0.396 e. The van der Waals surface area contributed by atoms with E-state index in [0.29, 0.717) is 19.4 Å². The molecule has 0 atom stereocenters. The summed E-state index contributed by atoms with van der Waals surface area (Å²) in [6, 6.07) is 0. The molecule has 3 N–H and O–H groups in total. The molecule has 4 heteroatoms. The van der Waals surface area contributed by atoms with E-state index < -0.39 is 0 Å². The summed E-state index contributed by atoms with van der Waals surface area (Å²) >= 11 is 0. The van der Waals surface area contributed by atoms with E-state index in [4.69, 9.17) is 10.2 Å². The van der Waals surface area contributed by atoms with E-state index in [-0.39, 0.29) is 19.1 Å². The number of nitrogens with one attached hydrogen (secondary N) is 1. The highest BCUT2D eigenvalue weighted by atomic mass is 16.3. The summed E-state index contributed by atoms with van der Waals surface area (Å²) in [6.07, 6.45) is 4.82. The number of amides is 1. The highest BCUT2D eigenvalue weighted by Crippen LogP contribution is 1.97. The third-order valence-corrected chi connectivity index (χ3v) is 1.97. The van der Waals surface area contributed by atoms with E-state index >= 15 is 0 Å². The molecule has 0 rings (SSSR count). The molecule has 0 saturated heterocycles. The van der Waals surface area contributed by atoms with Crippen LogP contribution in [0.1, 0.15) is 38.5 Å². The van der Waals surface area contributed by atoms with Crippen molar-refractivity contribution >= 4 is 5.91 Å². The monoisotopic (exact) mass is 203 g/mol. The third kappa shape index (κ3) is 9.48. The van der Waals surface area contributed by atoms with Gasteiger partial charge in [0.05, 0.1) is 0 Å². The zero-order valence-corrected chi connectivity index (χ0v) is 8.67. The largest absolute Gasteiger partial charge is 0.396 e. The van der Waals surface area contributed by atoms with Crippen LogP contribution in [0.15, 0.2) is 0 Å². The highest BCUT2D eigenvalue weighted by molar-refractivity contribution is 5.75. The number of aliphatic hydroxyl groups is 2. The quantitative estimate of drug-likeness (QED) is 0.476. The fourth-order valence-corrected chi connectivity index (χ4v) is 1.15. The summed E-state index contributed by atoms with van der Waals surface area (Å²) in [5, 5.41) is 19.8. The van der Waals surface area contributed by atoms with Crippen molar-refractivity contribution in [3.05, 3.63) is 0 Å². The molecule has 84 valence electrons. The Bertz CT molecular complexity index is 139. The molecule has 4 nitrogen and oxygen atoms in total. The van der Waals surface area contributed by atoms with Crippen molar-refractivity contribution in [3.63, 3.8) is 0 Å². The van der Waals surface area contributed by atoms with Gasteiger partial charge in [0.25, 0.3) is 0 Å². The molecule has 0 aliphatic rings. The molecule has 0 aliphatic heterocycles. The van der Waals surface area contributed by atoms with Crippen LogP contribution in [0.2, 0.25) is 0 Å². The summed E-state index contributed by atoms with van der Waals surface area (Å²) in [4.78, 5) is 11.0. The van der Waals surface area contributed by atoms with Crippen molar-refractivity contribution in [2.24, 2.45) is 0 Å². The van der Waals surface area contributed by atoms with Gasteiger partial charge in [0.2, 0.25) is 5.91 Å². The van der Waals surface area contributed by atoms with E-state index in [0.717, 1.165) is 25.7 Å². The standard InChI is InChI=1S/C10H21NO3/c12-8-4-2-1-3-7-11-10(14)6-5-9-13/h12-13H,1-9H2,(H,11,14). The van der Waals surface area contributed by atoms with Gasteiger partial charge in [-0.2, -0.15) is 0 Å². The number of carbonyl (C=O) groups is 1. The van der Waals surface area contributed by atoms with Crippen LogP contribution in [0.4, 0.5) is 0 Å². The fraction of sp³-hybridized carbons (Fsp3) is 0.900. The Balaban J connectivity index is 3.07. The first-order chi connectivity index (χ1) is 6.81. The molecule has 0 spiro atoms. The lowest BCUT2D eigenvalue weighted by molar-refractivity contribution is -0.121. The predicted molar refractivity (Wildman–Crippen MR) is 54.9 cm³/mol. The molecule has 1 amide bonds. The second-order valence-electron chi connectivity index (χ2n) is 3.31. The second-order valence-corrected chi connectivity index (χ2v) is 3.31. The molecular weight excluding hydrogens is 182 g/mol. The molecule has 14 heavy (non-hydrogen) atoms. The topological polar surface area (TPSA) is 69.6 Å². The summed E-state index contributed by atoms with van der Waals surface area (Å²) < 4.78 is 0. The van der Waals surface area contributed by atoms with Gasteiger partial charge in [-0.3, -0.25) is 4.79 Å². The van der Waals surface area contributed by atoms with E-state index in [1.165, 1.54) is 0 Å². The van der Waals surface area contributed by atoms with E-state index in [9.17, 15) is 4.79 Å². The zero-order chi connectivity index (χ0) is 10.6. The highest BCUT2D eigenvalue weighted by Gasteiger charge is 1.98. The van der Waals surface area contributed by atoms with Gasteiger partial charge in [0, 0.05) is 26.2 Å². The Morgan fingerprint density at radius 1 is 0.929 bits per heavy atom. The molecule has 0 aromatic heterocycles. The van der Waals surface area contributed by atoms with Gasteiger partial charge in [0.1, 0.15) is 0 Å². The van der Waals surface area contributed by atoms with Gasteiger partial charge in [-0.05, 0) is 19.3 Å². The number of hydrogen-bond acceptors (Lipinski definition) is 3. The van der Waals surface area contributed by atoms with E-state index in [2.05, 4.69) is 5.32 Å². The molecule has 0 heterocycles. The minimum absolute atomic E-state index is 0.0150. The molecule has 0 aromatic carbocycles. The first kappa shape index (κ1) is 13.4. The van der Waals surface area contributed by atoms with Crippen LogP contribution in [0.5, 0.6) is 0 Å². The Morgan fingerprint density at radius 2 is 1.57 bits per heavy atom. The average molecular weight is 203 g/mol. The van der Waals surface area contributed by atoms with Gasteiger partial charge in [-0.25, -0.2) is 0 Å². The number of aliphatic hydroxyl groups excluding tert-OH is 2. The third-order valence-electron chi connectivity index (χ3n) is 1.97. The molecule has 0 fully saturated rings. The summed E-state index contributed by atoms with van der Waals surface area (Å²) in [5.41, 5.74) is 0. The molecule has 0 aliphatic carbocycles. The Kier molecular flexibility index (Phi) is 10.0. The predicted octanol–water partition coefficient (Wildman–Crippen LogP) is 0.428. The number of carbonyl (C=O) groups excluding carboxylic acids is 1. The number of rotatable bonds is 9. The van der Waals surface area contributed by atoms with Crippen molar-refractivity contribution in [1.82, 2.24) is 5.32 Å². The van der Waals surface area contributed by atoms with Gasteiger partial charge in [0.15, 0.2) is 0 Å². The smallest absolute Gasteiger partial charge is 0.220 e. The van der Waals surface area contributed by atoms with Crippen LogP contribution >= 0.6 is 0 Å². The van der Waals surface area contributed by atoms with Gasteiger partial charge in [-0.1, -0.05) is 12.8 Å². The lowest BCUT2D eigenvalue weighted by atomic mass is 10.2. The van der Waals surface area contributed by atoms with Crippen LogP contribution in [-0.4, -0.2) is 35.9 Å². The molecule has 0 unspecified atom stereocenters. The Labute approximate surface area is 85.3 Å². The van der Waals surface area contributed by atoms with Crippen molar-refractivity contribution in [3.8, 4) is 0 Å². The van der Waals surface area contributed by atoms with Crippen LogP contribution < -0.4 is 5.32 Å². The SMILES string of the molecule is O=C(CCCO)NCCCCCCO. The van der Waals surface area contributed by atoms with Crippen molar-refractivity contribution < 1.29 is 15.0 Å². The zero-order valence-electron chi connectivity index (χ0n) is 8.67. The number of hydrogen-bond donors (Lipinski definition) is 3. The normalized spacial score (nSPS) is 10.1. The lowest BCUT2D eigenvalue weighted by Crippen LogP contribution is -2.24. The molecule has 0 saturated carbocycles. The van der Waals surface area contributed by atoms with Crippen LogP contribution in [0.25, 0.3) is 0 Å². The summed E-state index contributed by atoms with van der Waals surface area (Å²) in [5.74, 6) is 0.0150. The maximum Gasteiger partial charge on any atom is 0.220 e. The van der Waals surface area contributed by atoms with Crippen LogP contribution in [-0.2, 0) is 4.79 Å². The fourth-order valence-electron chi connectivity index (χ4n) is 1.15. The van der Waals surface area contributed by atoms with Gasteiger partial charge >= 0.3 is 0 Å². The van der Waals surface area contributed by atoms with E-state index in [1.54, 1.807) is 0 Å². The molecule has 0 bridgehead atoms. The maximum absolute atomic E-state index is 11.0. The Hall–Kier alpha value is -0.610. The van der Waals surface area contributed by atoms with Gasteiger partial charge in [-0.15, -0.1) is 0 Å².